The molecule has 8 nitrogen and oxygen atoms in total. The predicted molar refractivity (Wildman–Crippen MR) is 116 cm³/mol. The molecule has 1 heterocycles. The first-order valence-corrected chi connectivity index (χ1v) is 10.5. The number of ether oxygens (including phenoxy) is 2. The molecule has 1 fully saturated rings. The van der Waals surface area contributed by atoms with Crippen molar-refractivity contribution < 1.29 is 41.4 Å². The number of halogens is 4. The molecule has 2 N–H and O–H groups in total. The SMILES string of the molecule is CC[C@]1(c2ccc(F)cc2)NC(=O)N(CC(=O)Nc2cc(C(F)(F)F)ccc2OCCOC)C1=O. The summed E-state index contributed by atoms with van der Waals surface area (Å²) in [6.07, 6.45) is -4.56. The first-order chi connectivity index (χ1) is 16.5. The number of carbonyl (C=O) groups excluding carboxylic acids is 3. The maximum Gasteiger partial charge on any atom is 0.416 e. The fraction of sp³-hybridized carbons (Fsp3) is 0.348. The van der Waals surface area contributed by atoms with E-state index < -0.39 is 47.5 Å². The van der Waals surface area contributed by atoms with Crippen molar-refractivity contribution in [2.24, 2.45) is 0 Å². The minimum Gasteiger partial charge on any atom is -0.489 e. The quantitative estimate of drug-likeness (QED) is 0.313. The number of anilines is 1. The fourth-order valence-corrected chi connectivity index (χ4v) is 3.64. The molecule has 188 valence electrons. The number of nitrogens with zero attached hydrogens (tertiary/aromatic N) is 1. The summed E-state index contributed by atoms with van der Waals surface area (Å²) in [6.45, 7) is 1.03. The van der Waals surface area contributed by atoms with Crippen molar-refractivity contribution in [3.63, 3.8) is 0 Å². The van der Waals surface area contributed by atoms with Crippen LogP contribution in [0.4, 0.5) is 28.0 Å². The van der Waals surface area contributed by atoms with Gasteiger partial charge in [-0.05, 0) is 42.3 Å². The molecule has 1 aliphatic heterocycles. The molecule has 2 aromatic carbocycles. The number of nitrogens with one attached hydrogen (secondary N) is 2. The summed E-state index contributed by atoms with van der Waals surface area (Å²) in [4.78, 5) is 39.1. The Kier molecular flexibility index (Phi) is 7.64. The molecular weight excluding hydrogens is 474 g/mol. The Hall–Kier alpha value is -3.67. The van der Waals surface area contributed by atoms with Gasteiger partial charge in [-0.25, -0.2) is 9.18 Å². The Morgan fingerprint density at radius 3 is 2.40 bits per heavy atom. The molecule has 0 spiro atoms. The zero-order valence-electron chi connectivity index (χ0n) is 18.9. The van der Waals surface area contributed by atoms with Gasteiger partial charge in [0.1, 0.15) is 30.3 Å². The van der Waals surface area contributed by atoms with Crippen molar-refractivity contribution in [3.8, 4) is 5.75 Å². The van der Waals surface area contributed by atoms with Crippen LogP contribution in [-0.4, -0.2) is 49.6 Å². The van der Waals surface area contributed by atoms with E-state index in [-0.39, 0.29) is 31.1 Å². The minimum atomic E-state index is -4.68. The number of methoxy groups -OCH3 is 1. The second-order valence-corrected chi connectivity index (χ2v) is 7.69. The van der Waals surface area contributed by atoms with Gasteiger partial charge < -0.3 is 20.1 Å². The first kappa shape index (κ1) is 25.9. The van der Waals surface area contributed by atoms with E-state index in [1.807, 2.05) is 0 Å². The second kappa shape index (κ2) is 10.3. The van der Waals surface area contributed by atoms with Crippen LogP contribution in [0.5, 0.6) is 5.75 Å². The Morgan fingerprint density at radius 2 is 1.80 bits per heavy atom. The summed E-state index contributed by atoms with van der Waals surface area (Å²) in [5.41, 5.74) is -2.48. The molecule has 1 atom stereocenters. The van der Waals surface area contributed by atoms with Crippen LogP contribution >= 0.6 is 0 Å². The van der Waals surface area contributed by atoms with Crippen LogP contribution in [0.1, 0.15) is 24.5 Å². The number of hydrogen-bond donors (Lipinski definition) is 2. The predicted octanol–water partition coefficient (Wildman–Crippen LogP) is 3.67. The lowest BCUT2D eigenvalue weighted by Gasteiger charge is -2.25. The van der Waals surface area contributed by atoms with Crippen LogP contribution in [0.3, 0.4) is 0 Å². The molecule has 2 aromatic rings. The zero-order chi connectivity index (χ0) is 25.8. The zero-order valence-corrected chi connectivity index (χ0v) is 18.9. The number of amides is 4. The van der Waals surface area contributed by atoms with Crippen molar-refractivity contribution in [2.75, 3.05) is 32.2 Å². The van der Waals surface area contributed by atoms with Crippen molar-refractivity contribution in [2.45, 2.75) is 25.1 Å². The summed E-state index contributed by atoms with van der Waals surface area (Å²) in [6, 6.07) is 6.67. The van der Waals surface area contributed by atoms with Gasteiger partial charge in [-0.3, -0.25) is 14.5 Å². The fourth-order valence-electron chi connectivity index (χ4n) is 3.64. The highest BCUT2D eigenvalue weighted by atomic mass is 19.4. The van der Waals surface area contributed by atoms with Crippen LogP contribution in [0.15, 0.2) is 42.5 Å². The van der Waals surface area contributed by atoms with E-state index in [0.717, 1.165) is 24.3 Å². The van der Waals surface area contributed by atoms with Crippen molar-refractivity contribution >= 4 is 23.5 Å². The summed E-state index contributed by atoms with van der Waals surface area (Å²) >= 11 is 0. The number of rotatable bonds is 9. The van der Waals surface area contributed by atoms with Gasteiger partial charge in [0.05, 0.1) is 17.9 Å². The second-order valence-electron chi connectivity index (χ2n) is 7.69. The third-order valence-electron chi connectivity index (χ3n) is 5.47. The largest absolute Gasteiger partial charge is 0.489 e. The molecule has 4 amide bonds. The molecule has 0 aliphatic carbocycles. The van der Waals surface area contributed by atoms with E-state index in [9.17, 15) is 31.9 Å². The van der Waals surface area contributed by atoms with Crippen molar-refractivity contribution in [1.29, 1.82) is 0 Å². The van der Waals surface area contributed by atoms with Crippen LogP contribution in [0, 0.1) is 5.82 Å². The lowest BCUT2D eigenvalue weighted by Crippen LogP contribution is -2.44. The van der Waals surface area contributed by atoms with Crippen molar-refractivity contribution in [3.05, 3.63) is 59.4 Å². The number of urea groups is 1. The molecule has 0 bridgehead atoms. The van der Waals surface area contributed by atoms with Crippen LogP contribution < -0.4 is 15.4 Å². The van der Waals surface area contributed by atoms with E-state index in [1.54, 1.807) is 6.92 Å². The maximum absolute atomic E-state index is 13.3. The van der Waals surface area contributed by atoms with Gasteiger partial charge in [0.25, 0.3) is 5.91 Å². The van der Waals surface area contributed by atoms with E-state index >= 15 is 0 Å². The molecule has 3 rings (SSSR count). The van der Waals surface area contributed by atoms with Gasteiger partial charge in [-0.1, -0.05) is 19.1 Å². The standard InChI is InChI=1S/C23H23F4N3O5/c1-3-22(14-4-7-16(24)8-5-14)20(32)30(21(33)29-22)13-19(31)28-17-12-15(23(25,26)27)6-9-18(17)35-11-10-34-2/h4-9,12H,3,10-11,13H2,1-2H3,(H,28,31)(H,29,33)/t22-/m1/s1. The van der Waals surface area contributed by atoms with E-state index in [1.165, 1.54) is 19.2 Å². The number of alkyl halides is 3. The lowest BCUT2D eigenvalue weighted by molar-refractivity contribution is -0.137. The highest BCUT2D eigenvalue weighted by Crippen LogP contribution is 2.36. The summed E-state index contributed by atoms with van der Waals surface area (Å²) in [7, 11) is 1.42. The van der Waals surface area contributed by atoms with Gasteiger partial charge in [0.15, 0.2) is 0 Å². The number of carbonyl (C=O) groups is 3. The smallest absolute Gasteiger partial charge is 0.416 e. The van der Waals surface area contributed by atoms with Crippen LogP contribution in [0.2, 0.25) is 0 Å². The summed E-state index contributed by atoms with van der Waals surface area (Å²) < 4.78 is 63.1. The number of hydrogen-bond acceptors (Lipinski definition) is 5. The average molecular weight is 497 g/mol. The molecule has 35 heavy (non-hydrogen) atoms. The van der Waals surface area contributed by atoms with E-state index in [0.29, 0.717) is 16.5 Å². The Labute approximate surface area is 198 Å². The van der Waals surface area contributed by atoms with E-state index in [2.05, 4.69) is 10.6 Å². The molecule has 1 saturated heterocycles. The number of benzene rings is 2. The summed E-state index contributed by atoms with van der Waals surface area (Å²) in [5, 5.41) is 4.83. The number of imide groups is 1. The van der Waals surface area contributed by atoms with E-state index in [4.69, 9.17) is 9.47 Å². The third kappa shape index (κ3) is 5.53. The lowest BCUT2D eigenvalue weighted by atomic mass is 9.87. The van der Waals surface area contributed by atoms with Crippen molar-refractivity contribution in [1.82, 2.24) is 10.2 Å². The van der Waals surface area contributed by atoms with Gasteiger partial charge in [-0.2, -0.15) is 13.2 Å². The van der Waals surface area contributed by atoms with Gasteiger partial charge in [-0.15, -0.1) is 0 Å². The topological polar surface area (TPSA) is 97.0 Å². The van der Waals surface area contributed by atoms with Crippen LogP contribution in [0.25, 0.3) is 0 Å². The van der Waals surface area contributed by atoms with Crippen LogP contribution in [-0.2, 0) is 26.0 Å². The highest BCUT2D eigenvalue weighted by Gasteiger charge is 2.51. The molecule has 0 saturated carbocycles. The Balaban J connectivity index is 1.81. The molecular formula is C23H23F4N3O5. The highest BCUT2D eigenvalue weighted by molar-refractivity contribution is 6.10. The first-order valence-electron chi connectivity index (χ1n) is 10.5. The average Bonchev–Trinajstić information content (AvgIpc) is 3.05. The molecule has 0 aromatic heterocycles. The van der Waals surface area contributed by atoms with Gasteiger partial charge in [0.2, 0.25) is 5.91 Å². The molecule has 1 aliphatic rings. The van der Waals surface area contributed by atoms with Gasteiger partial charge in [0, 0.05) is 7.11 Å². The normalized spacial score (nSPS) is 17.9. The Morgan fingerprint density at radius 1 is 1.11 bits per heavy atom. The van der Waals surface area contributed by atoms with Gasteiger partial charge >= 0.3 is 12.2 Å². The maximum atomic E-state index is 13.3. The molecule has 0 radical (unpaired) electrons. The summed E-state index contributed by atoms with van der Waals surface area (Å²) in [5.74, 6) is -2.24. The Bertz CT molecular complexity index is 1110. The third-order valence-corrected chi connectivity index (χ3v) is 5.47. The molecule has 0 unspecified atom stereocenters. The monoisotopic (exact) mass is 497 g/mol. The minimum absolute atomic E-state index is 0.00837. The molecule has 12 heteroatoms.